The van der Waals surface area contributed by atoms with E-state index in [9.17, 15) is 0 Å². The molecular weight excluding hydrogens is 717 g/mol. The molecule has 0 saturated carbocycles. The van der Waals surface area contributed by atoms with Crippen LogP contribution in [0.5, 0.6) is 0 Å². The first kappa shape index (κ1) is 33.3. The van der Waals surface area contributed by atoms with Gasteiger partial charge in [-0.15, -0.1) is 0 Å². The van der Waals surface area contributed by atoms with Gasteiger partial charge in [0.15, 0.2) is 0 Å². The molecule has 0 fully saturated rings. The molecule has 0 aliphatic rings. The van der Waals surface area contributed by atoms with E-state index in [1.165, 1.54) is 43.4 Å². The van der Waals surface area contributed by atoms with E-state index in [1.54, 1.807) is 0 Å². The summed E-state index contributed by atoms with van der Waals surface area (Å²) in [5.41, 5.74) is 13.2. The molecule has 0 radical (unpaired) electrons. The topological polar surface area (TPSA) is 21.3 Å². The van der Waals surface area contributed by atoms with E-state index in [0.29, 0.717) is 0 Å². The number of furan rings is 1. The molecule has 0 saturated heterocycles. The van der Waals surface area contributed by atoms with Crippen molar-refractivity contribution in [1.82, 2.24) is 4.57 Å². The number of hydrogen-bond donors (Lipinski definition) is 0. The monoisotopic (exact) mass is 752 g/mol. The van der Waals surface area contributed by atoms with Crippen LogP contribution >= 0.6 is 0 Å². The third kappa shape index (κ3) is 5.44. The standard InChI is InChI=1S/C56H36N2O/c1-2-11-38(12-3-1)48-17-10-18-51-52-36-40(25-34-55(52)59-56(48)51)37-23-26-42(27-24-37)57(45-32-33-47-41(35-45)22-21-39-13-4-5-14-46(39)47)43-28-30-44(31-29-43)58-53-19-8-6-15-49(53)50-16-7-9-20-54(50)58/h1-36H. The van der Waals surface area contributed by atoms with Crippen LogP contribution in [0.2, 0.25) is 0 Å². The number of para-hydroxylation sites is 3. The Bertz CT molecular complexity index is 3490. The second-order valence-electron chi connectivity index (χ2n) is 15.3. The van der Waals surface area contributed by atoms with Crippen molar-refractivity contribution in [3.63, 3.8) is 0 Å². The van der Waals surface area contributed by atoms with Gasteiger partial charge in [-0.3, -0.25) is 0 Å². The van der Waals surface area contributed by atoms with Crippen molar-refractivity contribution in [3.05, 3.63) is 218 Å². The lowest BCUT2D eigenvalue weighted by Crippen LogP contribution is -2.10. The van der Waals surface area contributed by atoms with Crippen LogP contribution in [0, 0.1) is 0 Å². The van der Waals surface area contributed by atoms with Gasteiger partial charge >= 0.3 is 0 Å². The molecule has 12 rings (SSSR count). The smallest absolute Gasteiger partial charge is 0.143 e. The molecule has 0 unspecified atom stereocenters. The third-order valence-electron chi connectivity index (χ3n) is 12.0. The lowest BCUT2D eigenvalue weighted by Gasteiger charge is -2.26. The molecule has 10 aromatic carbocycles. The highest BCUT2D eigenvalue weighted by Crippen LogP contribution is 2.41. The summed E-state index contributed by atoms with van der Waals surface area (Å²) in [5.74, 6) is 0. The summed E-state index contributed by atoms with van der Waals surface area (Å²) in [6, 6.07) is 78.7. The molecule has 0 bridgehead atoms. The van der Waals surface area contributed by atoms with Gasteiger partial charge in [0, 0.05) is 49.9 Å². The predicted molar refractivity (Wildman–Crippen MR) is 249 cm³/mol. The predicted octanol–water partition coefficient (Wildman–Crippen LogP) is 15.8. The Hall–Kier alpha value is -7.88. The van der Waals surface area contributed by atoms with Crippen LogP contribution in [0.1, 0.15) is 0 Å². The fourth-order valence-electron chi connectivity index (χ4n) is 9.16. The average Bonchev–Trinajstić information content (AvgIpc) is 3.85. The van der Waals surface area contributed by atoms with E-state index >= 15 is 0 Å². The number of nitrogens with zero attached hydrogens (tertiary/aromatic N) is 2. The van der Waals surface area contributed by atoms with Crippen molar-refractivity contribution in [1.29, 1.82) is 0 Å². The fraction of sp³-hybridized carbons (Fsp3) is 0. The molecule has 0 amide bonds. The molecule has 0 aliphatic heterocycles. The maximum atomic E-state index is 6.50. The van der Waals surface area contributed by atoms with Gasteiger partial charge in [-0.1, -0.05) is 146 Å². The van der Waals surface area contributed by atoms with Gasteiger partial charge in [0.25, 0.3) is 0 Å². The Labute approximate surface area is 341 Å². The van der Waals surface area contributed by atoms with Crippen LogP contribution in [0.15, 0.2) is 223 Å². The summed E-state index contributed by atoms with van der Waals surface area (Å²) < 4.78 is 8.87. The molecule has 0 aliphatic carbocycles. The largest absolute Gasteiger partial charge is 0.455 e. The highest BCUT2D eigenvalue weighted by molar-refractivity contribution is 6.12. The van der Waals surface area contributed by atoms with Crippen LogP contribution in [0.25, 0.3) is 93.2 Å². The van der Waals surface area contributed by atoms with Gasteiger partial charge in [0.05, 0.1) is 11.0 Å². The summed E-state index contributed by atoms with van der Waals surface area (Å²) in [6.45, 7) is 0. The number of aromatic nitrogens is 1. The highest BCUT2D eigenvalue weighted by atomic mass is 16.3. The van der Waals surface area contributed by atoms with E-state index in [-0.39, 0.29) is 0 Å². The number of anilines is 3. The van der Waals surface area contributed by atoms with Crippen LogP contribution in [-0.4, -0.2) is 4.57 Å². The quantitative estimate of drug-likeness (QED) is 0.158. The van der Waals surface area contributed by atoms with Gasteiger partial charge in [0.2, 0.25) is 0 Å². The van der Waals surface area contributed by atoms with Gasteiger partial charge < -0.3 is 13.9 Å². The molecule has 276 valence electrons. The number of hydrogen-bond acceptors (Lipinski definition) is 2. The summed E-state index contributed by atoms with van der Waals surface area (Å²) in [7, 11) is 0. The van der Waals surface area contributed by atoms with E-state index in [0.717, 1.165) is 66.9 Å². The second kappa shape index (κ2) is 13.4. The zero-order chi connectivity index (χ0) is 38.9. The maximum Gasteiger partial charge on any atom is 0.143 e. The van der Waals surface area contributed by atoms with Gasteiger partial charge in [-0.05, 0) is 111 Å². The van der Waals surface area contributed by atoms with Crippen LogP contribution in [0.3, 0.4) is 0 Å². The van der Waals surface area contributed by atoms with E-state index in [2.05, 4.69) is 222 Å². The summed E-state index contributed by atoms with van der Waals surface area (Å²) in [6.07, 6.45) is 0. The van der Waals surface area contributed by atoms with E-state index in [4.69, 9.17) is 4.42 Å². The van der Waals surface area contributed by atoms with Crippen molar-refractivity contribution in [2.45, 2.75) is 0 Å². The van der Waals surface area contributed by atoms with E-state index in [1.807, 2.05) is 6.07 Å². The summed E-state index contributed by atoms with van der Waals surface area (Å²) in [5, 5.41) is 9.74. The minimum atomic E-state index is 0.892. The third-order valence-corrected chi connectivity index (χ3v) is 12.0. The number of rotatable bonds is 6. The first-order valence-corrected chi connectivity index (χ1v) is 20.2. The van der Waals surface area contributed by atoms with Gasteiger partial charge in [-0.2, -0.15) is 0 Å². The Morgan fingerprint density at radius 3 is 1.69 bits per heavy atom. The molecule has 0 atom stereocenters. The first-order valence-electron chi connectivity index (χ1n) is 20.2. The SMILES string of the molecule is c1ccc(-c2cccc3c2oc2ccc(-c4ccc(N(c5ccc(-n6c7ccccc7c7ccccc76)cc5)c5ccc6c(ccc7ccccc76)c5)cc4)cc23)cc1. The molecule has 0 N–H and O–H groups in total. The fourth-order valence-corrected chi connectivity index (χ4v) is 9.16. The first-order chi connectivity index (χ1) is 29.2. The minimum Gasteiger partial charge on any atom is -0.455 e. The van der Waals surface area contributed by atoms with Crippen molar-refractivity contribution >= 4 is 82.4 Å². The minimum absolute atomic E-state index is 0.892. The Morgan fingerprint density at radius 2 is 0.932 bits per heavy atom. The van der Waals surface area contributed by atoms with Crippen molar-refractivity contribution < 1.29 is 4.42 Å². The number of benzene rings is 10. The Kier molecular flexibility index (Phi) is 7.54. The molecule has 2 heterocycles. The lowest BCUT2D eigenvalue weighted by molar-refractivity contribution is 0.670. The molecular formula is C56H36N2O. The van der Waals surface area contributed by atoms with Gasteiger partial charge in [-0.25, -0.2) is 0 Å². The normalized spacial score (nSPS) is 11.7. The Balaban J connectivity index is 0.962. The zero-order valence-corrected chi connectivity index (χ0v) is 32.1. The molecule has 0 spiro atoms. The van der Waals surface area contributed by atoms with Crippen LogP contribution in [-0.2, 0) is 0 Å². The summed E-state index contributed by atoms with van der Waals surface area (Å²) in [4.78, 5) is 2.37. The lowest BCUT2D eigenvalue weighted by atomic mass is 9.99. The Morgan fingerprint density at radius 1 is 0.339 bits per heavy atom. The van der Waals surface area contributed by atoms with Crippen molar-refractivity contribution in [2.75, 3.05) is 4.90 Å². The molecule has 12 aromatic rings. The molecule has 3 heteroatoms. The maximum absolute atomic E-state index is 6.50. The highest BCUT2D eigenvalue weighted by Gasteiger charge is 2.18. The van der Waals surface area contributed by atoms with Crippen molar-refractivity contribution in [3.8, 4) is 27.9 Å². The molecule has 3 nitrogen and oxygen atoms in total. The van der Waals surface area contributed by atoms with Gasteiger partial charge in [0.1, 0.15) is 11.2 Å². The van der Waals surface area contributed by atoms with Crippen molar-refractivity contribution in [2.24, 2.45) is 0 Å². The number of fused-ring (bicyclic) bond motifs is 9. The van der Waals surface area contributed by atoms with E-state index < -0.39 is 0 Å². The summed E-state index contributed by atoms with van der Waals surface area (Å²) >= 11 is 0. The van der Waals surface area contributed by atoms with Crippen LogP contribution < -0.4 is 4.90 Å². The average molecular weight is 753 g/mol. The second-order valence-corrected chi connectivity index (χ2v) is 15.3. The molecule has 59 heavy (non-hydrogen) atoms. The van der Waals surface area contributed by atoms with Crippen LogP contribution in [0.4, 0.5) is 17.1 Å². The zero-order valence-electron chi connectivity index (χ0n) is 32.1. The molecule has 2 aromatic heterocycles.